The molecule has 1 saturated heterocycles. The fourth-order valence-electron chi connectivity index (χ4n) is 10.2. The van der Waals surface area contributed by atoms with E-state index in [1.54, 1.807) is 6.92 Å². The molecule has 4 aliphatic carbocycles. The molecule has 0 aromatic heterocycles. The number of fused-ring (bicyclic) bond motifs is 5. The van der Waals surface area contributed by atoms with Crippen LogP contribution in [-0.2, 0) is 23.9 Å². The first-order chi connectivity index (χ1) is 18.8. The van der Waals surface area contributed by atoms with Crippen molar-refractivity contribution in [1.29, 1.82) is 0 Å². The summed E-state index contributed by atoms with van der Waals surface area (Å²) < 4.78 is 12.0. The highest BCUT2D eigenvalue weighted by Gasteiger charge is 2.67. The van der Waals surface area contributed by atoms with Crippen LogP contribution in [-0.4, -0.2) is 54.0 Å². The second-order valence-electron chi connectivity index (χ2n) is 14.6. The molecule has 9 atom stereocenters. The van der Waals surface area contributed by atoms with Gasteiger partial charge in [-0.2, -0.15) is 0 Å². The summed E-state index contributed by atoms with van der Waals surface area (Å²) in [5, 5.41) is 0. The number of nitrogens with zero attached hydrogens (tertiary/aromatic N) is 1. The third kappa shape index (κ3) is 4.90. The Hall–Kier alpha value is -1.95. The van der Waals surface area contributed by atoms with Crippen molar-refractivity contribution in [2.24, 2.45) is 40.4 Å². The predicted molar refractivity (Wildman–Crippen MR) is 155 cm³/mol. The van der Waals surface area contributed by atoms with Crippen molar-refractivity contribution in [1.82, 2.24) is 4.90 Å². The summed E-state index contributed by atoms with van der Waals surface area (Å²) in [7, 11) is 0. The Morgan fingerprint density at radius 3 is 2.27 bits per heavy atom. The van der Waals surface area contributed by atoms with E-state index in [4.69, 9.17) is 9.47 Å². The molecule has 0 unspecified atom stereocenters. The van der Waals surface area contributed by atoms with E-state index in [-0.39, 0.29) is 34.7 Å². The lowest BCUT2D eigenvalue weighted by Crippen LogP contribution is -2.58. The quantitative estimate of drug-likeness (QED) is 0.360. The Bertz CT molecular complexity index is 1100. The van der Waals surface area contributed by atoms with Crippen molar-refractivity contribution in [3.05, 3.63) is 23.3 Å². The minimum Gasteiger partial charge on any atom is -0.458 e. The Kier molecular flexibility index (Phi) is 7.91. The summed E-state index contributed by atoms with van der Waals surface area (Å²) in [5.74, 6) is 2.04. The smallest absolute Gasteiger partial charge is 0.307 e. The van der Waals surface area contributed by atoms with Crippen LogP contribution in [0.25, 0.3) is 0 Å². The van der Waals surface area contributed by atoms with Gasteiger partial charge in [-0.25, -0.2) is 0 Å². The Balaban J connectivity index is 1.31. The molecule has 6 heteroatoms. The van der Waals surface area contributed by atoms with E-state index < -0.39 is 5.60 Å². The molecule has 1 heterocycles. The molecule has 3 fully saturated rings. The van der Waals surface area contributed by atoms with Gasteiger partial charge in [-0.3, -0.25) is 14.4 Å². The van der Waals surface area contributed by atoms with Gasteiger partial charge in [-0.05, 0) is 105 Å². The van der Waals surface area contributed by atoms with Gasteiger partial charge < -0.3 is 14.4 Å². The maximum atomic E-state index is 13.0. The molecule has 1 aliphatic heterocycles. The van der Waals surface area contributed by atoms with Crippen LogP contribution in [0.15, 0.2) is 23.3 Å². The van der Waals surface area contributed by atoms with E-state index in [0.29, 0.717) is 42.4 Å². The summed E-state index contributed by atoms with van der Waals surface area (Å²) in [4.78, 5) is 40.4. The van der Waals surface area contributed by atoms with Crippen LogP contribution in [0.2, 0.25) is 0 Å². The molecule has 0 radical (unpaired) electrons. The number of Topliss-reactive ketones (excluding diaryl/α,β-unsaturated/α-hetero) is 1. The molecule has 2 saturated carbocycles. The van der Waals surface area contributed by atoms with Gasteiger partial charge in [0.1, 0.15) is 6.10 Å². The zero-order valence-electron chi connectivity index (χ0n) is 25.9. The lowest BCUT2D eigenvalue weighted by Gasteiger charge is -2.58. The fraction of sp³-hybridized carbons (Fsp3) is 0.794. The summed E-state index contributed by atoms with van der Waals surface area (Å²) in [5.41, 5.74) is 1.28. The van der Waals surface area contributed by atoms with E-state index in [0.717, 1.165) is 51.7 Å². The van der Waals surface area contributed by atoms with Crippen molar-refractivity contribution in [2.75, 3.05) is 19.6 Å². The fourth-order valence-corrected chi connectivity index (χ4v) is 10.2. The highest BCUT2D eigenvalue weighted by atomic mass is 16.6. The number of esters is 2. The molecule has 0 N–H and O–H groups in total. The van der Waals surface area contributed by atoms with E-state index in [9.17, 15) is 14.4 Å². The van der Waals surface area contributed by atoms with Gasteiger partial charge in [0.15, 0.2) is 11.4 Å². The maximum absolute atomic E-state index is 13.0. The first kappa shape index (κ1) is 29.5. The average molecular weight is 554 g/mol. The molecule has 0 aromatic carbocycles. The SMILES string of the molecule is CC(=O)O[C@]1(C(C)=O)CC[C@H]2[C@@H]3C=C(C)C4=C[C@H](OC(=O)CCN5C[C@H](C)C[C@@H](C)C5)CC[C@]4(C)[C@H]3CC[C@@]21C. The normalized spacial score (nSPS) is 43.0. The second kappa shape index (κ2) is 10.7. The summed E-state index contributed by atoms with van der Waals surface area (Å²) in [6.45, 7) is 17.4. The minimum atomic E-state index is -1.01. The van der Waals surface area contributed by atoms with Crippen molar-refractivity contribution < 1.29 is 23.9 Å². The molecule has 0 bridgehead atoms. The van der Waals surface area contributed by atoms with E-state index in [1.807, 2.05) is 0 Å². The van der Waals surface area contributed by atoms with Crippen molar-refractivity contribution in [3.8, 4) is 0 Å². The van der Waals surface area contributed by atoms with Gasteiger partial charge >= 0.3 is 11.9 Å². The van der Waals surface area contributed by atoms with Gasteiger partial charge in [0.05, 0.1) is 6.42 Å². The Labute approximate surface area is 241 Å². The number of piperidine rings is 1. The highest BCUT2D eigenvalue weighted by Crippen LogP contribution is 2.68. The molecule has 0 amide bonds. The van der Waals surface area contributed by atoms with Crippen LogP contribution in [0.5, 0.6) is 0 Å². The van der Waals surface area contributed by atoms with Gasteiger partial charge in [-0.15, -0.1) is 0 Å². The van der Waals surface area contributed by atoms with Gasteiger partial charge in [0.25, 0.3) is 0 Å². The van der Waals surface area contributed by atoms with Gasteiger partial charge in [0.2, 0.25) is 0 Å². The molecule has 6 nitrogen and oxygen atoms in total. The molecule has 0 spiro atoms. The van der Waals surface area contributed by atoms with Gasteiger partial charge in [-0.1, -0.05) is 39.3 Å². The van der Waals surface area contributed by atoms with Crippen LogP contribution < -0.4 is 0 Å². The molecule has 0 aromatic rings. The lowest BCUT2D eigenvalue weighted by atomic mass is 9.47. The van der Waals surface area contributed by atoms with Crippen molar-refractivity contribution in [2.45, 2.75) is 112 Å². The third-order valence-corrected chi connectivity index (χ3v) is 11.8. The third-order valence-electron chi connectivity index (χ3n) is 11.8. The number of carbonyl (C=O) groups is 3. The van der Waals surface area contributed by atoms with Crippen LogP contribution in [0.4, 0.5) is 0 Å². The number of likely N-dealkylation sites (tertiary alicyclic amines) is 1. The first-order valence-corrected chi connectivity index (χ1v) is 15.8. The van der Waals surface area contributed by atoms with Crippen LogP contribution >= 0.6 is 0 Å². The second-order valence-corrected chi connectivity index (χ2v) is 14.6. The Morgan fingerprint density at radius 1 is 0.950 bits per heavy atom. The number of carbonyl (C=O) groups excluding carboxylic acids is 3. The highest BCUT2D eigenvalue weighted by molar-refractivity contribution is 5.89. The molecule has 222 valence electrons. The predicted octanol–water partition coefficient (Wildman–Crippen LogP) is 6.29. The topological polar surface area (TPSA) is 72.9 Å². The zero-order chi connectivity index (χ0) is 29.0. The molecule has 5 aliphatic rings. The molecular formula is C34H51NO5. The number of ketones is 1. The molecule has 5 rings (SSSR count). The average Bonchev–Trinajstić information content (AvgIpc) is 3.16. The zero-order valence-corrected chi connectivity index (χ0v) is 25.9. The van der Waals surface area contributed by atoms with Crippen LogP contribution in [0.3, 0.4) is 0 Å². The number of hydrogen-bond donors (Lipinski definition) is 0. The van der Waals surface area contributed by atoms with E-state index in [1.165, 1.54) is 24.5 Å². The van der Waals surface area contributed by atoms with E-state index >= 15 is 0 Å². The maximum Gasteiger partial charge on any atom is 0.307 e. The first-order valence-electron chi connectivity index (χ1n) is 15.8. The van der Waals surface area contributed by atoms with Crippen molar-refractivity contribution in [3.63, 3.8) is 0 Å². The molecular weight excluding hydrogens is 502 g/mol. The van der Waals surface area contributed by atoms with E-state index in [2.05, 4.69) is 51.7 Å². The molecule has 40 heavy (non-hydrogen) atoms. The van der Waals surface area contributed by atoms with Crippen LogP contribution in [0.1, 0.15) is 99.8 Å². The number of ether oxygens (including phenoxy) is 2. The van der Waals surface area contributed by atoms with Crippen molar-refractivity contribution >= 4 is 17.7 Å². The minimum absolute atomic E-state index is 0.0129. The van der Waals surface area contributed by atoms with Crippen LogP contribution in [0, 0.1) is 40.4 Å². The number of rotatable bonds is 6. The van der Waals surface area contributed by atoms with Gasteiger partial charge in [0, 0.05) is 32.0 Å². The number of hydrogen-bond acceptors (Lipinski definition) is 6. The lowest BCUT2D eigenvalue weighted by molar-refractivity contribution is -0.185. The standard InChI is InChI=1S/C34H51NO5/c1-21-16-22(2)20-35(19-21)15-11-31(38)39-26-8-12-32(6)28-9-13-33(7)29(27(28)17-23(3)30(32)18-26)10-14-34(33,24(4)36)40-25(5)37/h17-18,21-22,26-29H,8-16,19-20H2,1-7H3/t21-,22-,26-,27-,28+,29+,32-,33+,34+/m1/s1. The monoisotopic (exact) mass is 553 g/mol. The Morgan fingerprint density at radius 2 is 1.62 bits per heavy atom. The summed E-state index contributed by atoms with van der Waals surface area (Å²) in [6.07, 6.45) is 11.5. The number of allylic oxidation sites excluding steroid dienone is 3. The summed E-state index contributed by atoms with van der Waals surface area (Å²) >= 11 is 0. The largest absolute Gasteiger partial charge is 0.458 e. The summed E-state index contributed by atoms with van der Waals surface area (Å²) in [6, 6.07) is 0.